The summed E-state index contributed by atoms with van der Waals surface area (Å²) in [4.78, 5) is 24.5. The first-order chi connectivity index (χ1) is 8.66. The van der Waals surface area contributed by atoms with Gasteiger partial charge in [0.25, 0.3) is 0 Å². The van der Waals surface area contributed by atoms with E-state index in [4.69, 9.17) is 9.47 Å². The Morgan fingerprint density at radius 3 is 3.17 bits per heavy atom. The van der Waals surface area contributed by atoms with E-state index in [1.165, 1.54) is 18.3 Å². The molecule has 1 fully saturated rings. The van der Waals surface area contributed by atoms with Gasteiger partial charge in [0.15, 0.2) is 0 Å². The van der Waals surface area contributed by atoms with Gasteiger partial charge in [0, 0.05) is 6.42 Å². The number of hydrogen-bond acceptors (Lipinski definition) is 7. The minimum absolute atomic E-state index is 0.0294. The molecule has 1 unspecified atom stereocenters. The predicted octanol–water partition coefficient (Wildman–Crippen LogP) is 1.29. The van der Waals surface area contributed by atoms with E-state index in [-0.39, 0.29) is 24.8 Å². The first-order valence-electron chi connectivity index (χ1n) is 5.22. The maximum Gasteiger partial charge on any atom is 0.508 e. The summed E-state index contributed by atoms with van der Waals surface area (Å²) in [5.74, 6) is -0.319. The zero-order valence-corrected chi connectivity index (χ0v) is 9.27. The molecular weight excluding hydrogens is 244 g/mol. The van der Waals surface area contributed by atoms with Gasteiger partial charge < -0.3 is 24.3 Å². The second kappa shape index (κ2) is 5.30. The fraction of sp³-hybridized carbons (Fsp3) is 0.400. The lowest BCUT2D eigenvalue weighted by Gasteiger charge is -2.21. The van der Waals surface area contributed by atoms with Gasteiger partial charge in [-0.25, -0.2) is 4.79 Å². The maximum absolute atomic E-state index is 10.8. The number of rotatable bonds is 4. The molecule has 0 bridgehead atoms. The van der Waals surface area contributed by atoms with Crippen molar-refractivity contribution in [3.63, 3.8) is 0 Å². The minimum Gasteiger partial charge on any atom is -0.482 e. The molecule has 1 atom stereocenters. The average Bonchev–Trinajstić information content (AvgIpc) is 2.37. The fourth-order valence-corrected chi connectivity index (χ4v) is 1.43. The molecule has 0 aliphatic carbocycles. The van der Waals surface area contributed by atoms with E-state index in [1.807, 2.05) is 0 Å². The Kier molecular flexibility index (Phi) is 3.56. The number of carbonyl (C=O) groups excluding carboxylic acids is 1. The van der Waals surface area contributed by atoms with Crippen molar-refractivity contribution >= 4 is 12.0 Å². The van der Waals surface area contributed by atoms with Gasteiger partial charge in [0.05, 0.1) is 6.61 Å². The highest BCUT2D eigenvalue weighted by Gasteiger charge is 2.24. The molecule has 0 amide bonds. The monoisotopic (exact) mass is 254 g/mol. The molecule has 1 aromatic rings. The van der Waals surface area contributed by atoms with E-state index in [0.29, 0.717) is 6.42 Å². The van der Waals surface area contributed by atoms with Gasteiger partial charge in [0.1, 0.15) is 18.9 Å². The molecule has 8 heteroatoms. The standard InChI is InChI=1S/C10H10N2O6/c13-10-16-5-3-7(18-10)6-17-8-2-1-4-11-9(8)12(14)15/h1-2,4,7H,3,5-6H2. The van der Waals surface area contributed by atoms with Crippen molar-refractivity contribution in [3.05, 3.63) is 28.4 Å². The van der Waals surface area contributed by atoms with Crippen LogP contribution in [0.1, 0.15) is 6.42 Å². The van der Waals surface area contributed by atoms with Gasteiger partial charge in [-0.1, -0.05) is 0 Å². The van der Waals surface area contributed by atoms with Crippen LogP contribution in [0, 0.1) is 10.1 Å². The fourth-order valence-electron chi connectivity index (χ4n) is 1.43. The molecule has 1 aromatic heterocycles. The van der Waals surface area contributed by atoms with E-state index in [1.54, 1.807) is 0 Å². The zero-order chi connectivity index (χ0) is 13.0. The minimum atomic E-state index is -0.754. The lowest BCUT2D eigenvalue weighted by molar-refractivity contribution is -0.390. The average molecular weight is 254 g/mol. The smallest absolute Gasteiger partial charge is 0.482 e. The lowest BCUT2D eigenvalue weighted by Crippen LogP contribution is -2.32. The summed E-state index contributed by atoms with van der Waals surface area (Å²) in [5.41, 5.74) is 0. The molecule has 0 radical (unpaired) electrons. The van der Waals surface area contributed by atoms with Crippen molar-refractivity contribution in [2.24, 2.45) is 0 Å². The molecule has 2 rings (SSSR count). The van der Waals surface area contributed by atoms with Crippen molar-refractivity contribution in [3.8, 4) is 5.75 Å². The van der Waals surface area contributed by atoms with Crippen molar-refractivity contribution in [1.82, 2.24) is 4.98 Å². The SMILES string of the molecule is O=C1OCCC(COc2cccnc2[N+](=O)[O-])O1. The van der Waals surface area contributed by atoms with E-state index in [2.05, 4.69) is 9.72 Å². The second-order valence-corrected chi connectivity index (χ2v) is 3.52. The number of cyclic esters (lactones) is 2. The zero-order valence-electron chi connectivity index (χ0n) is 9.27. The highest BCUT2D eigenvalue weighted by Crippen LogP contribution is 2.23. The van der Waals surface area contributed by atoms with Crippen LogP contribution in [-0.4, -0.2) is 35.4 Å². The summed E-state index contributed by atoms with van der Waals surface area (Å²) < 4.78 is 14.7. The Morgan fingerprint density at radius 1 is 1.61 bits per heavy atom. The second-order valence-electron chi connectivity index (χ2n) is 3.52. The van der Waals surface area contributed by atoms with Gasteiger partial charge in [-0.2, -0.15) is 0 Å². The summed E-state index contributed by atoms with van der Waals surface area (Å²) >= 11 is 0. The Bertz CT molecular complexity index is 463. The van der Waals surface area contributed by atoms with Crippen LogP contribution in [0.15, 0.2) is 18.3 Å². The van der Waals surface area contributed by atoms with Gasteiger partial charge in [-0.3, -0.25) is 0 Å². The Labute approximate surface area is 102 Å². The number of aromatic nitrogens is 1. The summed E-state index contributed by atoms with van der Waals surface area (Å²) in [7, 11) is 0. The topological polar surface area (TPSA) is 101 Å². The van der Waals surface area contributed by atoms with Crippen molar-refractivity contribution in [2.45, 2.75) is 12.5 Å². The molecule has 1 aliphatic heterocycles. The third kappa shape index (κ3) is 2.84. The molecule has 1 saturated heterocycles. The normalized spacial score (nSPS) is 18.7. The van der Waals surface area contributed by atoms with Crippen LogP contribution in [0.2, 0.25) is 0 Å². The molecule has 0 aromatic carbocycles. The van der Waals surface area contributed by atoms with Gasteiger partial charge in [-0.05, 0) is 22.0 Å². The van der Waals surface area contributed by atoms with Crippen LogP contribution in [0.25, 0.3) is 0 Å². The lowest BCUT2D eigenvalue weighted by atomic mass is 10.2. The van der Waals surface area contributed by atoms with E-state index < -0.39 is 17.2 Å². The third-order valence-electron chi connectivity index (χ3n) is 2.27. The Balaban J connectivity index is 1.97. The largest absolute Gasteiger partial charge is 0.508 e. The van der Waals surface area contributed by atoms with Crippen molar-refractivity contribution in [1.29, 1.82) is 0 Å². The van der Waals surface area contributed by atoms with E-state index in [0.717, 1.165) is 0 Å². The molecule has 96 valence electrons. The number of carbonyl (C=O) groups is 1. The molecule has 8 nitrogen and oxygen atoms in total. The van der Waals surface area contributed by atoms with Gasteiger partial charge >= 0.3 is 12.0 Å². The van der Waals surface area contributed by atoms with Crippen LogP contribution in [0.5, 0.6) is 5.75 Å². The van der Waals surface area contributed by atoms with Crippen LogP contribution in [0.4, 0.5) is 10.6 Å². The van der Waals surface area contributed by atoms with Crippen molar-refractivity contribution in [2.75, 3.05) is 13.2 Å². The summed E-state index contributed by atoms with van der Waals surface area (Å²) in [5, 5.41) is 10.7. The van der Waals surface area contributed by atoms with Crippen molar-refractivity contribution < 1.29 is 23.9 Å². The summed E-state index contributed by atoms with van der Waals surface area (Å²) in [6.45, 7) is 0.281. The molecule has 18 heavy (non-hydrogen) atoms. The molecule has 0 N–H and O–H groups in total. The molecule has 0 saturated carbocycles. The number of nitrogens with zero attached hydrogens (tertiary/aromatic N) is 2. The van der Waals surface area contributed by atoms with Gasteiger partial charge in [0.2, 0.25) is 5.75 Å². The van der Waals surface area contributed by atoms with Crippen LogP contribution < -0.4 is 4.74 Å². The first-order valence-corrected chi connectivity index (χ1v) is 5.22. The number of hydrogen-bond donors (Lipinski definition) is 0. The quantitative estimate of drug-likeness (QED) is 0.453. The van der Waals surface area contributed by atoms with E-state index in [9.17, 15) is 14.9 Å². The van der Waals surface area contributed by atoms with E-state index >= 15 is 0 Å². The molecule has 0 spiro atoms. The van der Waals surface area contributed by atoms with Crippen LogP contribution in [-0.2, 0) is 9.47 Å². The highest BCUT2D eigenvalue weighted by molar-refractivity contribution is 5.60. The van der Waals surface area contributed by atoms with Gasteiger partial charge in [-0.15, -0.1) is 0 Å². The molecular formula is C10H10N2O6. The first kappa shape index (κ1) is 12.1. The molecule has 2 heterocycles. The Morgan fingerprint density at radius 2 is 2.44 bits per heavy atom. The summed E-state index contributed by atoms with van der Waals surface area (Å²) in [6.07, 6.45) is 0.570. The predicted molar refractivity (Wildman–Crippen MR) is 57.2 cm³/mol. The number of pyridine rings is 1. The Hall–Kier alpha value is -2.38. The number of nitro groups is 1. The maximum atomic E-state index is 10.8. The summed E-state index contributed by atoms with van der Waals surface area (Å²) in [6, 6.07) is 2.96. The number of ether oxygens (including phenoxy) is 3. The molecule has 1 aliphatic rings. The third-order valence-corrected chi connectivity index (χ3v) is 2.27. The van der Waals surface area contributed by atoms with Crippen LogP contribution >= 0.6 is 0 Å². The highest BCUT2D eigenvalue weighted by atomic mass is 16.7. The van der Waals surface area contributed by atoms with Crippen LogP contribution in [0.3, 0.4) is 0 Å².